The highest BCUT2D eigenvalue weighted by atomic mass is 32.1. The Kier molecular flexibility index (Phi) is 4.82. The molecule has 126 valence electrons. The van der Waals surface area contributed by atoms with Gasteiger partial charge < -0.3 is 19.9 Å². The topological polar surface area (TPSA) is 127 Å². The van der Waals surface area contributed by atoms with Crippen molar-refractivity contribution in [3.05, 3.63) is 17.0 Å². The molecule has 2 aromatic heterocycles. The van der Waals surface area contributed by atoms with E-state index in [-0.39, 0.29) is 22.4 Å². The van der Waals surface area contributed by atoms with Gasteiger partial charge in [-0.3, -0.25) is 9.36 Å². The van der Waals surface area contributed by atoms with Crippen molar-refractivity contribution in [2.75, 3.05) is 5.73 Å². The Hall–Kier alpha value is -1.47. The minimum absolute atomic E-state index is 0.0965. The number of Topliss-reactive ketones (excluding diaryl/α,β-unsaturated/α-hetero) is 1. The van der Waals surface area contributed by atoms with Gasteiger partial charge in [0, 0.05) is 5.41 Å². The molecule has 2 heterocycles. The summed E-state index contributed by atoms with van der Waals surface area (Å²) in [6, 6.07) is 2.56. The van der Waals surface area contributed by atoms with E-state index in [1.807, 2.05) is 20.8 Å². The minimum Gasteiger partial charge on any atom is -0.446 e. The Balaban J connectivity index is 2.52. The Labute approximate surface area is 137 Å². The average Bonchev–Trinajstić information content (AvgIpc) is 3.11. The molecule has 0 aliphatic heterocycles. The third-order valence-electron chi connectivity index (χ3n) is 4.07. The molecule has 0 bridgehead atoms. The monoisotopic (exact) mass is 358 g/mol. The SMILES string of the molecule is CCC(C)(CC)C(=O)c1sc(N)nc1-c1ccc(P(=O)(O)O)o1. The van der Waals surface area contributed by atoms with Crippen LogP contribution in [-0.4, -0.2) is 20.6 Å². The molecule has 2 rings (SSSR count). The van der Waals surface area contributed by atoms with Crippen molar-refractivity contribution >= 4 is 35.3 Å². The van der Waals surface area contributed by atoms with Crippen LogP contribution in [0, 0.1) is 5.41 Å². The van der Waals surface area contributed by atoms with Crippen molar-refractivity contribution in [1.29, 1.82) is 0 Å². The van der Waals surface area contributed by atoms with Crippen LogP contribution in [0.5, 0.6) is 0 Å². The van der Waals surface area contributed by atoms with E-state index in [1.165, 1.54) is 12.1 Å². The number of rotatable bonds is 6. The normalized spacial score (nSPS) is 12.6. The predicted molar refractivity (Wildman–Crippen MR) is 88.9 cm³/mol. The van der Waals surface area contributed by atoms with Gasteiger partial charge in [-0.05, 0) is 25.0 Å². The van der Waals surface area contributed by atoms with Crippen LogP contribution in [-0.2, 0) is 4.57 Å². The summed E-state index contributed by atoms with van der Waals surface area (Å²) in [5.41, 5.74) is 4.94. The number of nitrogens with two attached hydrogens (primary N) is 1. The molecule has 0 aromatic carbocycles. The van der Waals surface area contributed by atoms with E-state index >= 15 is 0 Å². The number of thiazole rings is 1. The van der Waals surface area contributed by atoms with E-state index in [1.54, 1.807) is 0 Å². The van der Waals surface area contributed by atoms with Gasteiger partial charge in [-0.25, -0.2) is 4.98 Å². The molecular formula is C14H19N2O5PS. The van der Waals surface area contributed by atoms with Crippen LogP contribution in [0.25, 0.3) is 11.5 Å². The fourth-order valence-corrected chi connectivity index (χ4v) is 3.53. The quantitative estimate of drug-likeness (QED) is 0.535. The zero-order valence-electron chi connectivity index (χ0n) is 13.1. The molecule has 0 aliphatic rings. The van der Waals surface area contributed by atoms with Gasteiger partial charge in [-0.15, -0.1) is 0 Å². The molecule has 9 heteroatoms. The lowest BCUT2D eigenvalue weighted by Gasteiger charge is -2.24. The van der Waals surface area contributed by atoms with Gasteiger partial charge in [0.15, 0.2) is 16.7 Å². The number of carbonyl (C=O) groups excluding carboxylic acids is 1. The second-order valence-corrected chi connectivity index (χ2v) is 8.07. The van der Waals surface area contributed by atoms with Crippen LogP contribution in [0.2, 0.25) is 0 Å². The van der Waals surface area contributed by atoms with Crippen LogP contribution in [0.4, 0.5) is 5.13 Å². The number of aromatic nitrogens is 1. The summed E-state index contributed by atoms with van der Waals surface area (Å²) < 4.78 is 16.4. The van der Waals surface area contributed by atoms with Gasteiger partial charge in [-0.1, -0.05) is 32.1 Å². The number of ketones is 1. The second kappa shape index (κ2) is 6.20. The second-order valence-electron chi connectivity index (χ2n) is 5.51. The van der Waals surface area contributed by atoms with Gasteiger partial charge in [0.05, 0.1) is 0 Å². The van der Waals surface area contributed by atoms with Crippen LogP contribution in [0.3, 0.4) is 0 Å². The minimum atomic E-state index is -4.50. The first-order chi connectivity index (χ1) is 10.6. The van der Waals surface area contributed by atoms with E-state index < -0.39 is 18.5 Å². The fraction of sp³-hybridized carbons (Fsp3) is 0.429. The molecule has 0 radical (unpaired) electrons. The van der Waals surface area contributed by atoms with Gasteiger partial charge >= 0.3 is 7.60 Å². The van der Waals surface area contributed by atoms with Crippen molar-refractivity contribution in [2.45, 2.75) is 33.6 Å². The highest BCUT2D eigenvalue weighted by Crippen LogP contribution is 2.40. The lowest BCUT2D eigenvalue weighted by atomic mass is 9.79. The van der Waals surface area contributed by atoms with Crippen LogP contribution >= 0.6 is 18.9 Å². The maximum Gasteiger partial charge on any atom is 0.391 e. The Morgan fingerprint density at radius 3 is 2.48 bits per heavy atom. The summed E-state index contributed by atoms with van der Waals surface area (Å²) >= 11 is 1.05. The standard InChI is InChI=1S/C14H19N2O5PS/c1-4-14(3,5-2)12(17)11-10(16-13(15)23-11)8-6-7-9(21-8)22(18,19)20/h6-7H,4-5H2,1-3H3,(H2,15,16)(H2,18,19,20). The zero-order valence-corrected chi connectivity index (χ0v) is 14.8. The summed E-state index contributed by atoms with van der Waals surface area (Å²) in [5.74, 6) is 0.0232. The molecule has 7 nitrogen and oxygen atoms in total. The zero-order chi connectivity index (χ0) is 17.4. The number of nitrogens with zero attached hydrogens (tertiary/aromatic N) is 1. The Bertz CT molecular complexity index is 772. The molecule has 0 spiro atoms. The van der Waals surface area contributed by atoms with E-state index in [4.69, 9.17) is 19.9 Å². The lowest BCUT2D eigenvalue weighted by Crippen LogP contribution is -2.26. The highest BCUT2D eigenvalue weighted by Gasteiger charge is 2.35. The van der Waals surface area contributed by atoms with Crippen LogP contribution in [0.1, 0.15) is 43.3 Å². The molecule has 0 fully saturated rings. The maximum atomic E-state index is 12.9. The maximum absolute atomic E-state index is 12.9. The van der Waals surface area contributed by atoms with Crippen molar-refractivity contribution in [3.63, 3.8) is 0 Å². The Morgan fingerprint density at radius 1 is 1.39 bits per heavy atom. The number of carbonyl (C=O) groups is 1. The summed E-state index contributed by atoms with van der Waals surface area (Å²) in [7, 11) is -4.50. The number of hydrogen-bond donors (Lipinski definition) is 3. The largest absolute Gasteiger partial charge is 0.446 e. The first-order valence-electron chi connectivity index (χ1n) is 7.09. The molecule has 4 N–H and O–H groups in total. The molecule has 0 saturated carbocycles. The van der Waals surface area contributed by atoms with Crippen LogP contribution in [0.15, 0.2) is 16.5 Å². The van der Waals surface area contributed by atoms with Gasteiger partial charge in [-0.2, -0.15) is 0 Å². The van der Waals surface area contributed by atoms with Crippen molar-refractivity contribution in [3.8, 4) is 11.5 Å². The fourth-order valence-electron chi connectivity index (χ4n) is 2.11. The summed E-state index contributed by atoms with van der Waals surface area (Å²) in [6.45, 7) is 5.74. The van der Waals surface area contributed by atoms with Gasteiger partial charge in [0.2, 0.25) is 5.50 Å². The highest BCUT2D eigenvalue weighted by molar-refractivity contribution is 7.59. The summed E-state index contributed by atoms with van der Waals surface area (Å²) in [6.07, 6.45) is 1.32. The molecule has 0 aliphatic carbocycles. The lowest BCUT2D eigenvalue weighted by molar-refractivity contribution is 0.0807. The van der Waals surface area contributed by atoms with E-state index in [9.17, 15) is 9.36 Å². The number of furan rings is 1. The molecular weight excluding hydrogens is 339 g/mol. The molecule has 0 unspecified atom stereocenters. The average molecular weight is 358 g/mol. The van der Waals surface area contributed by atoms with E-state index in [2.05, 4.69) is 4.98 Å². The third-order valence-corrected chi connectivity index (χ3v) is 5.77. The molecule has 2 aromatic rings. The first-order valence-corrected chi connectivity index (χ1v) is 9.52. The smallest absolute Gasteiger partial charge is 0.391 e. The number of hydrogen-bond acceptors (Lipinski definition) is 6. The van der Waals surface area contributed by atoms with Crippen molar-refractivity contribution < 1.29 is 23.6 Å². The third kappa shape index (κ3) is 3.40. The van der Waals surface area contributed by atoms with E-state index in [0.717, 1.165) is 11.3 Å². The molecule has 23 heavy (non-hydrogen) atoms. The molecule has 0 saturated heterocycles. The molecule has 0 atom stereocenters. The van der Waals surface area contributed by atoms with Crippen molar-refractivity contribution in [2.24, 2.45) is 5.41 Å². The van der Waals surface area contributed by atoms with Gasteiger partial charge in [0.25, 0.3) is 0 Å². The Morgan fingerprint density at radius 2 is 2.00 bits per heavy atom. The van der Waals surface area contributed by atoms with Crippen molar-refractivity contribution in [1.82, 2.24) is 4.98 Å². The first kappa shape index (κ1) is 17.9. The van der Waals surface area contributed by atoms with Crippen LogP contribution < -0.4 is 11.2 Å². The number of anilines is 1. The number of nitrogen functional groups attached to an aromatic ring is 1. The summed E-state index contributed by atoms with van der Waals surface area (Å²) in [4.78, 5) is 35.6. The summed E-state index contributed by atoms with van der Waals surface area (Å²) in [5, 5.41) is 0.201. The van der Waals surface area contributed by atoms with Gasteiger partial charge in [0.1, 0.15) is 10.6 Å². The predicted octanol–water partition coefficient (Wildman–Crippen LogP) is 2.80. The van der Waals surface area contributed by atoms with E-state index in [0.29, 0.717) is 17.7 Å². The molecule has 0 amide bonds.